The van der Waals surface area contributed by atoms with Crippen molar-refractivity contribution in [1.82, 2.24) is 4.90 Å². The van der Waals surface area contributed by atoms with Crippen LogP contribution in [0.2, 0.25) is 6.32 Å². The number of benzene rings is 1. The van der Waals surface area contributed by atoms with Crippen molar-refractivity contribution >= 4 is 29.4 Å². The van der Waals surface area contributed by atoms with Crippen LogP contribution in [0.25, 0.3) is 0 Å². The Kier molecular flexibility index (Phi) is 12.1. The molecule has 52 heavy (non-hydrogen) atoms. The Morgan fingerprint density at radius 3 is 2.25 bits per heavy atom. The third-order valence-corrected chi connectivity index (χ3v) is 15.3. The standard InChI is InChI=1S/C37H47BF9NO2S2/c1-33-16-14-29-28-12-10-27(50-32(23-5-2-6-23)48(18-4-17-38)26-15-20-51-52-22-26)21-24(28)8-11-30(29)31(33)13-9-25(33)7-3-19-49-34(35(39,40)41,36(42,43)44)37(45,46)47/h10,12,21,25-26,29-31H,2-9,11,13-20,22H2,1H3. The molecule has 1 aromatic rings. The fourth-order valence-corrected chi connectivity index (χ4v) is 12.4. The van der Waals surface area contributed by atoms with Crippen LogP contribution in [-0.4, -0.2) is 67.6 Å². The first-order valence-electron chi connectivity index (χ1n) is 18.6. The van der Waals surface area contributed by atoms with Gasteiger partial charge in [-0.3, -0.25) is 0 Å². The second kappa shape index (κ2) is 15.7. The fraction of sp³-hybridized carbons (Fsp3) is 0.784. The normalized spacial score (nSPS) is 29.5. The first-order valence-corrected chi connectivity index (χ1v) is 21.1. The molecule has 2 radical (unpaired) electrons. The van der Waals surface area contributed by atoms with Gasteiger partial charge in [-0.25, -0.2) is 0 Å². The van der Waals surface area contributed by atoms with Crippen LogP contribution in [0.5, 0.6) is 5.75 Å². The van der Waals surface area contributed by atoms with E-state index in [0.717, 1.165) is 93.9 Å². The SMILES string of the molecule is [B]CCCN(C(Oc1ccc2c(c1)CCC1C2CCC2(C)C(CCCOC(C(F)(F)F)(C(F)(F)F)C(F)(F)F)CCC12)=C1CCC1)C1CCSSC1. The summed E-state index contributed by atoms with van der Waals surface area (Å²) in [7, 11) is 9.78. The Bertz CT molecular complexity index is 1390. The second-order valence-corrected chi connectivity index (χ2v) is 18.1. The zero-order valence-corrected chi connectivity index (χ0v) is 31.0. The largest absolute Gasteiger partial charge is 0.441 e. The minimum atomic E-state index is -6.70. The summed E-state index contributed by atoms with van der Waals surface area (Å²) < 4.78 is 131. The molecule has 0 aromatic heterocycles. The Balaban J connectivity index is 1.11. The van der Waals surface area contributed by atoms with E-state index < -0.39 is 30.7 Å². The van der Waals surface area contributed by atoms with E-state index in [9.17, 15) is 39.5 Å². The molecule has 15 heteroatoms. The van der Waals surface area contributed by atoms with E-state index in [0.29, 0.717) is 30.1 Å². The molecule has 290 valence electrons. The van der Waals surface area contributed by atoms with Gasteiger partial charge in [0.15, 0.2) is 5.88 Å². The maximum atomic E-state index is 13.3. The van der Waals surface area contributed by atoms with Gasteiger partial charge in [-0.2, -0.15) is 39.5 Å². The van der Waals surface area contributed by atoms with Crippen molar-refractivity contribution in [3.05, 3.63) is 40.8 Å². The number of halogens is 9. The first kappa shape index (κ1) is 40.3. The summed E-state index contributed by atoms with van der Waals surface area (Å²) in [6, 6.07) is 6.90. The van der Waals surface area contributed by atoms with Crippen LogP contribution in [0.4, 0.5) is 39.5 Å². The van der Waals surface area contributed by atoms with Crippen LogP contribution in [-0.2, 0) is 11.2 Å². The molecule has 5 aliphatic rings. The summed E-state index contributed by atoms with van der Waals surface area (Å²) in [5.41, 5.74) is -2.42. The molecule has 0 bridgehead atoms. The summed E-state index contributed by atoms with van der Waals surface area (Å²) in [5, 5.41) is 0. The molecule has 1 heterocycles. The Hall–Kier alpha value is -1.35. The van der Waals surface area contributed by atoms with Gasteiger partial charge in [0, 0.05) is 30.7 Å². The van der Waals surface area contributed by atoms with Crippen molar-refractivity contribution < 1.29 is 49.0 Å². The van der Waals surface area contributed by atoms with Gasteiger partial charge >= 0.3 is 24.1 Å². The van der Waals surface area contributed by atoms with E-state index in [1.807, 2.05) is 21.6 Å². The molecule has 0 N–H and O–H groups in total. The highest BCUT2D eigenvalue weighted by atomic mass is 33.1. The minimum absolute atomic E-state index is 0.0161. The molecule has 3 saturated carbocycles. The number of ether oxygens (including phenoxy) is 2. The van der Waals surface area contributed by atoms with Crippen molar-refractivity contribution in [2.75, 3.05) is 24.7 Å². The minimum Gasteiger partial charge on any atom is -0.441 e. The van der Waals surface area contributed by atoms with Crippen LogP contribution < -0.4 is 4.74 Å². The van der Waals surface area contributed by atoms with E-state index in [1.165, 1.54) is 23.1 Å². The van der Waals surface area contributed by atoms with Gasteiger partial charge in [0.1, 0.15) is 5.75 Å². The average molecular weight is 784 g/mol. The molecule has 6 unspecified atom stereocenters. The summed E-state index contributed by atoms with van der Waals surface area (Å²) in [5.74, 6) is 5.03. The highest BCUT2D eigenvalue weighted by Crippen LogP contribution is 2.64. The number of aryl methyl sites for hydroxylation is 1. The fourth-order valence-electron chi connectivity index (χ4n) is 9.91. The molecule has 1 aromatic carbocycles. The molecule has 4 fully saturated rings. The summed E-state index contributed by atoms with van der Waals surface area (Å²) >= 11 is 0. The van der Waals surface area contributed by atoms with Crippen molar-refractivity contribution in [2.24, 2.45) is 23.2 Å². The molecule has 1 aliphatic heterocycles. The summed E-state index contributed by atoms with van der Waals surface area (Å²) in [6.07, 6.45) is -9.14. The van der Waals surface area contributed by atoms with E-state index in [-0.39, 0.29) is 24.2 Å². The van der Waals surface area contributed by atoms with Gasteiger partial charge in [0.05, 0.1) is 7.85 Å². The third kappa shape index (κ3) is 7.59. The van der Waals surface area contributed by atoms with E-state index in [4.69, 9.17) is 12.6 Å². The summed E-state index contributed by atoms with van der Waals surface area (Å²) in [4.78, 5) is 2.47. The lowest BCUT2D eigenvalue weighted by atomic mass is 9.54. The van der Waals surface area contributed by atoms with E-state index in [1.54, 1.807) is 0 Å². The number of nitrogens with zero attached hydrogens (tertiary/aromatic N) is 1. The maximum absolute atomic E-state index is 13.3. The zero-order chi connectivity index (χ0) is 37.5. The highest BCUT2D eigenvalue weighted by molar-refractivity contribution is 8.76. The van der Waals surface area contributed by atoms with Crippen molar-refractivity contribution in [3.63, 3.8) is 0 Å². The number of alkyl halides is 9. The van der Waals surface area contributed by atoms with E-state index >= 15 is 0 Å². The monoisotopic (exact) mass is 783 g/mol. The highest BCUT2D eigenvalue weighted by Gasteiger charge is 2.85. The zero-order valence-electron chi connectivity index (χ0n) is 29.4. The maximum Gasteiger partial charge on any atom is 0.435 e. The van der Waals surface area contributed by atoms with Crippen LogP contribution in [0.1, 0.15) is 101 Å². The quantitative estimate of drug-likeness (QED) is 0.0690. The number of hydrogen-bond donors (Lipinski definition) is 0. The lowest BCUT2D eigenvalue weighted by Crippen LogP contribution is -2.67. The molecule has 6 atom stereocenters. The average Bonchev–Trinajstić information content (AvgIpc) is 3.38. The van der Waals surface area contributed by atoms with Gasteiger partial charge < -0.3 is 14.4 Å². The lowest BCUT2D eigenvalue weighted by molar-refractivity contribution is -0.457. The van der Waals surface area contributed by atoms with Gasteiger partial charge in [0.2, 0.25) is 0 Å². The molecule has 0 spiro atoms. The lowest BCUT2D eigenvalue weighted by Gasteiger charge is -2.51. The Labute approximate surface area is 309 Å². The van der Waals surface area contributed by atoms with Crippen molar-refractivity contribution in [3.8, 4) is 5.75 Å². The number of fused-ring (bicyclic) bond motifs is 5. The second-order valence-electron chi connectivity index (χ2n) is 15.5. The third-order valence-electron chi connectivity index (χ3n) is 12.8. The van der Waals surface area contributed by atoms with E-state index in [2.05, 4.69) is 34.8 Å². The molecular formula is C37H47BF9NO2S2. The predicted molar refractivity (Wildman–Crippen MR) is 187 cm³/mol. The predicted octanol–water partition coefficient (Wildman–Crippen LogP) is 11.6. The van der Waals surface area contributed by atoms with Crippen LogP contribution >= 0.6 is 21.6 Å². The van der Waals surface area contributed by atoms with Gasteiger partial charge in [-0.15, -0.1) is 0 Å². The van der Waals surface area contributed by atoms with Gasteiger partial charge in [-0.1, -0.05) is 40.9 Å². The molecule has 3 nitrogen and oxygen atoms in total. The molecule has 1 saturated heterocycles. The molecule has 6 rings (SSSR count). The number of rotatable bonds is 12. The number of hydrogen-bond acceptors (Lipinski definition) is 5. The Morgan fingerprint density at radius 2 is 1.63 bits per heavy atom. The number of allylic oxidation sites excluding steroid dienone is 1. The summed E-state index contributed by atoms with van der Waals surface area (Å²) in [6.45, 7) is 1.73. The first-order chi connectivity index (χ1) is 24.5. The van der Waals surface area contributed by atoms with Gasteiger partial charge in [0.25, 0.3) is 0 Å². The molecular weight excluding hydrogens is 736 g/mol. The molecule has 4 aliphatic carbocycles. The smallest absolute Gasteiger partial charge is 0.435 e. The topological polar surface area (TPSA) is 21.7 Å². The molecule has 0 amide bonds. The van der Waals surface area contributed by atoms with Crippen molar-refractivity contribution in [2.45, 2.75) is 133 Å². The van der Waals surface area contributed by atoms with Crippen LogP contribution in [0.3, 0.4) is 0 Å². The van der Waals surface area contributed by atoms with Crippen LogP contribution in [0, 0.1) is 23.2 Å². The van der Waals surface area contributed by atoms with Crippen LogP contribution in [0.15, 0.2) is 29.7 Å². The van der Waals surface area contributed by atoms with Gasteiger partial charge in [-0.05, 0) is 141 Å². The Morgan fingerprint density at radius 1 is 0.904 bits per heavy atom. The van der Waals surface area contributed by atoms with Crippen molar-refractivity contribution in [1.29, 1.82) is 0 Å².